The van der Waals surface area contributed by atoms with Crippen molar-refractivity contribution in [1.29, 1.82) is 0 Å². The second-order valence-electron chi connectivity index (χ2n) is 5.60. The van der Waals surface area contributed by atoms with Crippen LogP contribution in [0.3, 0.4) is 0 Å². The fraction of sp³-hybridized carbons (Fsp3) is 0.444. The van der Waals surface area contributed by atoms with Gasteiger partial charge in [-0.1, -0.05) is 18.2 Å². The van der Waals surface area contributed by atoms with Crippen LogP contribution in [0.25, 0.3) is 0 Å². The molecule has 0 fully saturated rings. The summed E-state index contributed by atoms with van der Waals surface area (Å²) in [5, 5.41) is 9.97. The van der Waals surface area contributed by atoms with E-state index >= 15 is 0 Å². The fourth-order valence-electron chi connectivity index (χ4n) is 2.32. The molecular weight excluding hydrogens is 318 g/mol. The number of benzene rings is 1. The first-order valence-corrected chi connectivity index (χ1v) is 9.26. The molecule has 0 aliphatic rings. The molecule has 1 aromatic carbocycles. The Labute approximate surface area is 148 Å². The number of guanidine groups is 1. The molecule has 130 valence electrons. The minimum absolute atomic E-state index is 0.776. The average molecular weight is 346 g/mol. The van der Waals surface area contributed by atoms with Crippen molar-refractivity contribution in [3.63, 3.8) is 0 Å². The van der Waals surface area contributed by atoms with Gasteiger partial charge in [-0.3, -0.25) is 4.99 Å². The Morgan fingerprint density at radius 1 is 1.29 bits per heavy atom. The van der Waals surface area contributed by atoms with Gasteiger partial charge in [-0.2, -0.15) is 0 Å². The number of hydrogen-bond donors (Lipinski definition) is 2. The van der Waals surface area contributed by atoms with Gasteiger partial charge in [-0.05, 0) is 32.4 Å². The highest BCUT2D eigenvalue weighted by atomic mass is 32.1. The van der Waals surface area contributed by atoms with Crippen LogP contribution in [0.5, 0.6) is 0 Å². The van der Waals surface area contributed by atoms with Gasteiger partial charge < -0.3 is 15.5 Å². The summed E-state index contributed by atoms with van der Waals surface area (Å²) in [4.78, 5) is 11.4. The Bertz CT molecular complexity index is 623. The predicted molar refractivity (Wildman–Crippen MR) is 104 cm³/mol. The molecule has 0 radical (unpaired) electrons. The van der Waals surface area contributed by atoms with Crippen LogP contribution in [0, 0.1) is 6.92 Å². The van der Waals surface area contributed by atoms with Crippen LogP contribution in [0.4, 0.5) is 5.69 Å². The Kier molecular flexibility index (Phi) is 7.55. The van der Waals surface area contributed by atoms with Crippen molar-refractivity contribution in [2.75, 3.05) is 32.0 Å². The van der Waals surface area contributed by atoms with Crippen molar-refractivity contribution in [2.24, 2.45) is 4.99 Å². The molecule has 24 heavy (non-hydrogen) atoms. The van der Waals surface area contributed by atoms with Crippen molar-refractivity contribution in [3.05, 3.63) is 46.4 Å². The molecule has 0 atom stereocenters. The summed E-state index contributed by atoms with van der Waals surface area (Å²) >= 11 is 1.69. The van der Waals surface area contributed by atoms with E-state index in [0.717, 1.165) is 54.9 Å². The molecule has 0 spiro atoms. The number of nitrogens with zero attached hydrogens (tertiary/aromatic N) is 3. The molecule has 6 heteroatoms. The van der Waals surface area contributed by atoms with Gasteiger partial charge in [0.15, 0.2) is 5.96 Å². The number of nitrogens with one attached hydrogen (secondary N) is 2. The van der Waals surface area contributed by atoms with Crippen molar-refractivity contribution in [3.8, 4) is 0 Å². The van der Waals surface area contributed by atoms with Gasteiger partial charge in [-0.15, -0.1) is 11.3 Å². The lowest BCUT2D eigenvalue weighted by Gasteiger charge is -2.21. The van der Waals surface area contributed by atoms with E-state index in [1.165, 1.54) is 0 Å². The van der Waals surface area contributed by atoms with Crippen LogP contribution in [0.2, 0.25) is 0 Å². The van der Waals surface area contributed by atoms with Gasteiger partial charge in [-0.25, -0.2) is 4.98 Å². The van der Waals surface area contributed by atoms with Gasteiger partial charge in [0, 0.05) is 37.7 Å². The molecule has 0 aliphatic heterocycles. The highest BCUT2D eigenvalue weighted by Crippen LogP contribution is 2.10. The lowest BCUT2D eigenvalue weighted by molar-refractivity contribution is 0.470. The number of para-hydroxylation sites is 1. The number of rotatable bonds is 8. The van der Waals surface area contributed by atoms with Crippen molar-refractivity contribution in [2.45, 2.75) is 26.8 Å². The van der Waals surface area contributed by atoms with Crippen LogP contribution >= 0.6 is 11.3 Å². The Morgan fingerprint density at radius 3 is 2.75 bits per heavy atom. The molecule has 0 unspecified atom stereocenters. The molecule has 2 N–H and O–H groups in total. The normalized spacial score (nSPS) is 11.4. The summed E-state index contributed by atoms with van der Waals surface area (Å²) in [6, 6.07) is 10.3. The van der Waals surface area contributed by atoms with Gasteiger partial charge >= 0.3 is 0 Å². The molecular formula is C18H27N5S. The van der Waals surface area contributed by atoms with Gasteiger partial charge in [0.25, 0.3) is 0 Å². The van der Waals surface area contributed by atoms with Crippen LogP contribution in [-0.2, 0) is 6.54 Å². The first kappa shape index (κ1) is 18.3. The van der Waals surface area contributed by atoms with E-state index in [1.807, 2.05) is 25.1 Å². The SMILES string of the molecule is CCNC(=NCCCNc1ccccc1)N(C)Cc1csc(C)n1. The molecule has 1 aromatic heterocycles. The molecule has 2 aromatic rings. The maximum Gasteiger partial charge on any atom is 0.194 e. The second-order valence-corrected chi connectivity index (χ2v) is 6.66. The zero-order valence-electron chi connectivity index (χ0n) is 14.7. The third-order valence-corrected chi connectivity index (χ3v) is 4.28. The zero-order valence-corrected chi connectivity index (χ0v) is 15.6. The topological polar surface area (TPSA) is 52.6 Å². The highest BCUT2D eigenvalue weighted by molar-refractivity contribution is 7.09. The lowest BCUT2D eigenvalue weighted by Crippen LogP contribution is -2.38. The number of thiazole rings is 1. The van der Waals surface area contributed by atoms with Crippen molar-refractivity contribution in [1.82, 2.24) is 15.2 Å². The van der Waals surface area contributed by atoms with Crippen molar-refractivity contribution < 1.29 is 0 Å². The third-order valence-electron chi connectivity index (χ3n) is 3.46. The molecule has 0 saturated heterocycles. The van der Waals surface area contributed by atoms with E-state index in [4.69, 9.17) is 4.99 Å². The minimum Gasteiger partial charge on any atom is -0.385 e. The molecule has 5 nitrogen and oxygen atoms in total. The Balaban J connectivity index is 1.78. The monoisotopic (exact) mass is 345 g/mol. The predicted octanol–water partition coefficient (Wildman–Crippen LogP) is 3.35. The molecule has 1 heterocycles. The van der Waals surface area contributed by atoms with Crippen LogP contribution in [0.15, 0.2) is 40.7 Å². The summed E-state index contributed by atoms with van der Waals surface area (Å²) in [6.45, 7) is 7.48. The summed E-state index contributed by atoms with van der Waals surface area (Å²) in [5.41, 5.74) is 2.25. The minimum atomic E-state index is 0.776. The fourth-order valence-corrected chi connectivity index (χ4v) is 2.92. The van der Waals surface area contributed by atoms with E-state index in [-0.39, 0.29) is 0 Å². The maximum atomic E-state index is 4.71. The third kappa shape index (κ3) is 6.20. The Hall–Kier alpha value is -2.08. The molecule has 2 rings (SSSR count). The van der Waals surface area contributed by atoms with E-state index in [9.17, 15) is 0 Å². The quantitative estimate of drug-likeness (QED) is 0.438. The molecule has 0 bridgehead atoms. The van der Waals surface area contributed by atoms with E-state index in [1.54, 1.807) is 11.3 Å². The molecule has 0 aliphatic carbocycles. The van der Waals surface area contributed by atoms with E-state index in [0.29, 0.717) is 0 Å². The smallest absolute Gasteiger partial charge is 0.194 e. The first-order chi connectivity index (χ1) is 11.7. The number of aromatic nitrogens is 1. The number of aryl methyl sites for hydroxylation is 1. The first-order valence-electron chi connectivity index (χ1n) is 8.38. The van der Waals surface area contributed by atoms with Crippen molar-refractivity contribution >= 4 is 23.0 Å². The summed E-state index contributed by atoms with van der Waals surface area (Å²) in [7, 11) is 2.05. The van der Waals surface area contributed by atoms with Gasteiger partial charge in [0.1, 0.15) is 0 Å². The lowest BCUT2D eigenvalue weighted by atomic mass is 10.3. The zero-order chi connectivity index (χ0) is 17.2. The number of aliphatic imine (C=N–C) groups is 1. The van der Waals surface area contributed by atoms with Gasteiger partial charge in [0.05, 0.1) is 17.2 Å². The number of anilines is 1. The van der Waals surface area contributed by atoms with E-state index in [2.05, 4.69) is 52.0 Å². The average Bonchev–Trinajstić information content (AvgIpc) is 2.99. The summed E-state index contributed by atoms with van der Waals surface area (Å²) in [6.07, 6.45) is 0.993. The maximum absolute atomic E-state index is 4.71. The Morgan fingerprint density at radius 2 is 2.08 bits per heavy atom. The number of hydrogen-bond acceptors (Lipinski definition) is 4. The van der Waals surface area contributed by atoms with Crippen LogP contribution < -0.4 is 10.6 Å². The summed E-state index contributed by atoms with van der Waals surface area (Å²) < 4.78 is 0. The molecule has 0 amide bonds. The van der Waals surface area contributed by atoms with Crippen LogP contribution in [0.1, 0.15) is 24.0 Å². The van der Waals surface area contributed by atoms with E-state index < -0.39 is 0 Å². The largest absolute Gasteiger partial charge is 0.385 e. The highest BCUT2D eigenvalue weighted by Gasteiger charge is 2.08. The van der Waals surface area contributed by atoms with Gasteiger partial charge in [0.2, 0.25) is 0 Å². The molecule has 0 saturated carbocycles. The standard InChI is InChI=1S/C18H27N5S/c1-4-19-18(23(3)13-17-14-24-15(2)22-17)21-12-8-11-20-16-9-6-5-7-10-16/h5-7,9-10,14,20H,4,8,11-13H2,1-3H3,(H,19,21). The second kappa shape index (κ2) is 9.93. The van der Waals surface area contributed by atoms with Crippen LogP contribution in [-0.4, -0.2) is 42.5 Å². The summed E-state index contributed by atoms with van der Waals surface area (Å²) in [5.74, 6) is 0.933.